The molecule has 35 heavy (non-hydrogen) atoms. The molecule has 8 nitrogen and oxygen atoms in total. The maximum atomic E-state index is 13.6. The summed E-state index contributed by atoms with van der Waals surface area (Å²) >= 11 is -1.89. The third kappa shape index (κ3) is 5.80. The van der Waals surface area contributed by atoms with Crippen LogP contribution in [-0.4, -0.2) is 52.9 Å². The third-order valence-electron chi connectivity index (χ3n) is 5.46. The smallest absolute Gasteiger partial charge is 0.327 e. The number of hydrogen-bond acceptors (Lipinski definition) is 6. The van der Waals surface area contributed by atoms with Crippen LogP contribution in [0.25, 0.3) is 10.8 Å². The van der Waals surface area contributed by atoms with Crippen molar-refractivity contribution < 1.29 is 29.1 Å². The summed E-state index contributed by atoms with van der Waals surface area (Å²) < 4.78 is 20.3. The predicted octanol–water partition coefficient (Wildman–Crippen LogP) is 3.77. The molecule has 2 atom stereocenters. The zero-order valence-electron chi connectivity index (χ0n) is 19.4. The summed E-state index contributed by atoms with van der Waals surface area (Å²) in [7, 11) is 1.46. The van der Waals surface area contributed by atoms with Crippen molar-refractivity contribution in [1.29, 1.82) is 0 Å². The van der Waals surface area contributed by atoms with E-state index in [-0.39, 0.29) is 13.0 Å². The van der Waals surface area contributed by atoms with Gasteiger partial charge in [-0.1, -0.05) is 42.3 Å². The number of carboxylic acids is 2. The van der Waals surface area contributed by atoms with Gasteiger partial charge in [-0.25, -0.2) is 0 Å². The first kappa shape index (κ1) is 25.7. The maximum absolute atomic E-state index is 13.6. The third-order valence-corrected chi connectivity index (χ3v) is 6.90. The number of fused-ring (bicyclic) bond motifs is 1. The van der Waals surface area contributed by atoms with Crippen LogP contribution in [0.1, 0.15) is 13.3 Å². The van der Waals surface area contributed by atoms with Crippen molar-refractivity contribution in [3.63, 3.8) is 0 Å². The molecule has 0 saturated carbocycles. The SMILES string of the molecule is C#CCN(c1ccc(N(CC(=O)O)[S+]([O-])c2ccccc2OC)c2ccccc12)[C@@H](C)CC(=O)O. The lowest BCUT2D eigenvalue weighted by atomic mass is 10.0. The van der Waals surface area contributed by atoms with Crippen LogP contribution in [0.2, 0.25) is 0 Å². The van der Waals surface area contributed by atoms with Crippen molar-refractivity contribution in [2.45, 2.75) is 24.3 Å². The number of rotatable bonds is 11. The minimum absolute atomic E-state index is 0.110. The second-order valence-electron chi connectivity index (χ2n) is 7.76. The highest BCUT2D eigenvalue weighted by atomic mass is 32.2. The molecule has 3 aromatic carbocycles. The van der Waals surface area contributed by atoms with Gasteiger partial charge in [0.2, 0.25) is 4.90 Å². The van der Waals surface area contributed by atoms with Gasteiger partial charge in [0.05, 0.1) is 25.8 Å². The highest BCUT2D eigenvalue weighted by molar-refractivity contribution is 7.93. The van der Waals surface area contributed by atoms with E-state index in [0.29, 0.717) is 27.4 Å². The largest absolute Gasteiger partial charge is 0.588 e. The van der Waals surface area contributed by atoms with Crippen LogP contribution in [0.15, 0.2) is 65.6 Å². The Kier molecular flexibility index (Phi) is 8.47. The standard InChI is InChI=1S/C26H26N2O6S/c1-4-15-27(18(2)16-25(29)30)21-13-14-22(20-10-6-5-9-19(20)21)28(17-26(31)32)35(33)24-12-8-7-11-23(24)34-3/h1,5-14,18H,15-17H2,2-3H3,(H,29,30)(H,31,32)/t18-,35?/m0/s1. The lowest BCUT2D eigenvalue weighted by Crippen LogP contribution is -2.37. The van der Waals surface area contributed by atoms with Gasteiger partial charge >= 0.3 is 11.9 Å². The molecule has 2 N–H and O–H groups in total. The molecule has 0 aromatic heterocycles. The fraction of sp³-hybridized carbons (Fsp3) is 0.231. The molecule has 0 spiro atoms. The van der Waals surface area contributed by atoms with Crippen LogP contribution >= 0.6 is 0 Å². The minimum Gasteiger partial charge on any atom is -0.588 e. The van der Waals surface area contributed by atoms with E-state index in [2.05, 4.69) is 5.92 Å². The van der Waals surface area contributed by atoms with Gasteiger partial charge in [0.15, 0.2) is 12.3 Å². The number of hydrogen-bond donors (Lipinski definition) is 2. The number of benzene rings is 3. The van der Waals surface area contributed by atoms with Crippen LogP contribution < -0.4 is 13.9 Å². The summed E-state index contributed by atoms with van der Waals surface area (Å²) in [5.41, 5.74) is 1.15. The van der Waals surface area contributed by atoms with Crippen molar-refractivity contribution in [2.75, 3.05) is 29.4 Å². The first-order valence-electron chi connectivity index (χ1n) is 10.8. The zero-order valence-corrected chi connectivity index (χ0v) is 20.2. The number of methoxy groups -OCH3 is 1. The van der Waals surface area contributed by atoms with Gasteiger partial charge in [-0.2, -0.15) is 4.31 Å². The van der Waals surface area contributed by atoms with E-state index in [4.69, 9.17) is 11.2 Å². The van der Waals surface area contributed by atoms with Crippen LogP contribution in [0, 0.1) is 12.3 Å². The molecule has 9 heteroatoms. The van der Waals surface area contributed by atoms with Crippen LogP contribution in [0.3, 0.4) is 0 Å². The van der Waals surface area contributed by atoms with E-state index in [1.807, 2.05) is 17.0 Å². The molecular weight excluding hydrogens is 468 g/mol. The van der Waals surface area contributed by atoms with Crippen molar-refractivity contribution in [2.24, 2.45) is 0 Å². The number of terminal acetylenes is 1. The van der Waals surface area contributed by atoms with Crippen molar-refractivity contribution >= 4 is 45.4 Å². The summed E-state index contributed by atoms with van der Waals surface area (Å²) in [4.78, 5) is 25.3. The Labute approximate surface area is 207 Å². The number of anilines is 2. The van der Waals surface area contributed by atoms with Gasteiger partial charge < -0.3 is 24.4 Å². The van der Waals surface area contributed by atoms with E-state index in [9.17, 15) is 24.4 Å². The lowest BCUT2D eigenvalue weighted by Gasteiger charge is -2.31. The summed E-state index contributed by atoms with van der Waals surface area (Å²) in [6, 6.07) is 17.0. The topological polar surface area (TPSA) is 113 Å². The molecule has 3 aromatic rings. The number of carboxylic acid groups (broad SMARTS) is 2. The molecule has 182 valence electrons. The quantitative estimate of drug-likeness (QED) is 0.306. The average Bonchev–Trinajstić information content (AvgIpc) is 2.84. The van der Waals surface area contributed by atoms with Crippen LogP contribution in [0.4, 0.5) is 11.4 Å². The van der Waals surface area contributed by atoms with Crippen molar-refractivity contribution in [3.8, 4) is 18.1 Å². The number of para-hydroxylation sites is 1. The highest BCUT2D eigenvalue weighted by Gasteiger charge is 2.31. The number of carbonyl (C=O) groups is 2. The Balaban J connectivity index is 2.18. The van der Waals surface area contributed by atoms with Crippen molar-refractivity contribution in [1.82, 2.24) is 0 Å². The van der Waals surface area contributed by atoms with Gasteiger partial charge in [-0.3, -0.25) is 9.59 Å². The first-order chi connectivity index (χ1) is 16.8. The second-order valence-corrected chi connectivity index (χ2v) is 9.14. The molecule has 0 aliphatic rings. The Morgan fingerprint density at radius 2 is 1.63 bits per heavy atom. The van der Waals surface area contributed by atoms with Gasteiger partial charge in [-0.15, -0.1) is 6.42 Å². The fourth-order valence-corrected chi connectivity index (χ4v) is 5.23. The number of nitrogens with zero attached hydrogens (tertiary/aromatic N) is 2. The summed E-state index contributed by atoms with van der Waals surface area (Å²) in [6.07, 6.45) is 5.47. The van der Waals surface area contributed by atoms with Gasteiger partial charge in [0, 0.05) is 22.5 Å². The normalized spacial score (nSPS) is 12.4. The molecule has 3 rings (SSSR count). The molecule has 0 saturated heterocycles. The monoisotopic (exact) mass is 494 g/mol. The van der Waals surface area contributed by atoms with Gasteiger partial charge in [0.25, 0.3) is 0 Å². The highest BCUT2D eigenvalue weighted by Crippen LogP contribution is 2.38. The summed E-state index contributed by atoms with van der Waals surface area (Å²) in [5, 5.41) is 20.3. The van der Waals surface area contributed by atoms with E-state index in [1.54, 1.807) is 55.5 Å². The summed E-state index contributed by atoms with van der Waals surface area (Å²) in [5.74, 6) is 0.871. The minimum atomic E-state index is -1.89. The number of ether oxygens (including phenoxy) is 1. The Morgan fingerprint density at radius 1 is 1.03 bits per heavy atom. The van der Waals surface area contributed by atoms with Gasteiger partial charge in [-0.05, 0) is 31.2 Å². The first-order valence-corrected chi connectivity index (χ1v) is 11.9. The number of aliphatic carboxylic acids is 2. The molecule has 0 heterocycles. The lowest BCUT2D eigenvalue weighted by molar-refractivity contribution is -0.137. The van der Waals surface area contributed by atoms with Crippen molar-refractivity contribution in [3.05, 3.63) is 60.7 Å². The van der Waals surface area contributed by atoms with E-state index < -0.39 is 35.9 Å². The summed E-state index contributed by atoms with van der Waals surface area (Å²) in [6.45, 7) is 1.45. The predicted molar refractivity (Wildman–Crippen MR) is 136 cm³/mol. The molecule has 0 amide bonds. The fourth-order valence-electron chi connectivity index (χ4n) is 3.91. The average molecular weight is 495 g/mol. The molecule has 0 fully saturated rings. The van der Waals surface area contributed by atoms with E-state index >= 15 is 0 Å². The second kappa shape index (κ2) is 11.5. The zero-order chi connectivity index (χ0) is 25.5. The molecule has 0 aliphatic carbocycles. The van der Waals surface area contributed by atoms with E-state index in [0.717, 1.165) is 5.39 Å². The maximum Gasteiger partial charge on any atom is 0.327 e. The van der Waals surface area contributed by atoms with Crippen LogP contribution in [0.5, 0.6) is 5.75 Å². The molecule has 0 aliphatic heterocycles. The Hall–Kier alpha value is -3.87. The Bertz CT molecular complexity index is 1260. The van der Waals surface area contributed by atoms with Gasteiger partial charge in [0.1, 0.15) is 11.4 Å². The molecule has 0 bridgehead atoms. The molecular formula is C26H26N2O6S. The van der Waals surface area contributed by atoms with E-state index in [1.165, 1.54) is 11.4 Å². The Morgan fingerprint density at radius 3 is 2.23 bits per heavy atom. The molecule has 1 unspecified atom stereocenters. The molecule has 0 radical (unpaired) electrons. The van der Waals surface area contributed by atoms with Crippen LogP contribution in [-0.2, 0) is 21.0 Å².